The van der Waals surface area contributed by atoms with E-state index in [4.69, 9.17) is 4.74 Å². The third kappa shape index (κ3) is 4.29. The van der Waals surface area contributed by atoms with Gasteiger partial charge in [-0.1, -0.05) is 0 Å². The molecule has 0 spiro atoms. The number of fused-ring (bicyclic) bond motifs is 3. The molecule has 0 radical (unpaired) electrons. The van der Waals surface area contributed by atoms with Crippen molar-refractivity contribution in [1.29, 1.82) is 0 Å². The second-order valence-corrected chi connectivity index (χ2v) is 7.81. The summed E-state index contributed by atoms with van der Waals surface area (Å²) < 4.78 is 48.7. The number of alkyl halides is 3. The van der Waals surface area contributed by atoms with Gasteiger partial charge in [0.2, 0.25) is 0 Å². The van der Waals surface area contributed by atoms with E-state index in [0.29, 0.717) is 30.0 Å². The zero-order valence-electron chi connectivity index (χ0n) is 17.8. The van der Waals surface area contributed by atoms with Gasteiger partial charge in [-0.3, -0.25) is 4.79 Å². The van der Waals surface area contributed by atoms with E-state index in [1.165, 1.54) is 18.5 Å². The second-order valence-electron chi connectivity index (χ2n) is 7.81. The van der Waals surface area contributed by atoms with Crippen LogP contribution < -0.4 is 10.1 Å². The first-order valence-electron chi connectivity index (χ1n) is 10.3. The molecule has 1 aliphatic rings. The van der Waals surface area contributed by atoms with Crippen LogP contribution in [0.15, 0.2) is 55.1 Å². The van der Waals surface area contributed by atoms with Gasteiger partial charge in [-0.05, 0) is 43.3 Å². The van der Waals surface area contributed by atoms with Crippen molar-refractivity contribution < 1.29 is 27.4 Å². The molecular formula is C23H18F3N5O3. The van der Waals surface area contributed by atoms with E-state index in [-0.39, 0.29) is 11.8 Å². The smallest absolute Gasteiger partial charge is 0.406 e. The quantitative estimate of drug-likeness (QED) is 0.465. The molecule has 0 saturated heterocycles. The lowest BCUT2D eigenvalue weighted by Gasteiger charge is -2.23. The van der Waals surface area contributed by atoms with E-state index < -0.39 is 12.3 Å². The zero-order chi connectivity index (χ0) is 23.9. The predicted molar refractivity (Wildman–Crippen MR) is 116 cm³/mol. The van der Waals surface area contributed by atoms with Crippen molar-refractivity contribution in [2.24, 2.45) is 0 Å². The topological polar surface area (TPSA) is 91.2 Å². The van der Waals surface area contributed by atoms with Gasteiger partial charge in [0, 0.05) is 34.8 Å². The Bertz CT molecular complexity index is 1350. The molecule has 5 rings (SSSR count). The van der Waals surface area contributed by atoms with Crippen molar-refractivity contribution >= 4 is 22.6 Å². The highest BCUT2D eigenvalue weighted by atomic mass is 19.4. The number of benzene rings is 2. The first-order valence-corrected chi connectivity index (χ1v) is 10.3. The maximum atomic E-state index is 13.0. The number of hydrogen-bond acceptors (Lipinski definition) is 6. The number of carbonyl (C=O) groups excluding carboxylic acids is 1. The van der Waals surface area contributed by atoms with Gasteiger partial charge in [0.1, 0.15) is 24.5 Å². The van der Waals surface area contributed by atoms with Crippen LogP contribution in [0.4, 0.5) is 18.9 Å². The summed E-state index contributed by atoms with van der Waals surface area (Å²) in [5.74, 6) is -0.0670. The molecule has 1 aliphatic heterocycles. The van der Waals surface area contributed by atoms with Crippen molar-refractivity contribution in [2.75, 3.05) is 11.9 Å². The number of anilines is 1. The monoisotopic (exact) mass is 469 g/mol. The molecule has 0 saturated carbocycles. The minimum Gasteiger partial charge on any atom is -0.406 e. The summed E-state index contributed by atoms with van der Waals surface area (Å²) in [5, 5.41) is 2.70. The molecule has 1 amide bonds. The van der Waals surface area contributed by atoms with Crippen LogP contribution in [0, 0.1) is 0 Å². The Balaban J connectivity index is 1.52. The average Bonchev–Trinajstić information content (AvgIpc) is 3.19. The van der Waals surface area contributed by atoms with Crippen LogP contribution in [0.1, 0.15) is 29.1 Å². The molecule has 34 heavy (non-hydrogen) atoms. The Morgan fingerprint density at radius 3 is 2.62 bits per heavy atom. The molecule has 4 aromatic rings. The van der Waals surface area contributed by atoms with Crippen LogP contribution in [0.2, 0.25) is 0 Å². The predicted octanol–water partition coefficient (Wildman–Crippen LogP) is 4.74. The highest BCUT2D eigenvalue weighted by molar-refractivity contribution is 6.08. The maximum absolute atomic E-state index is 13.0. The number of carbonyl (C=O) groups is 1. The normalized spacial score (nSPS) is 15.7. The van der Waals surface area contributed by atoms with Gasteiger partial charge in [-0.2, -0.15) is 0 Å². The number of nitrogens with one attached hydrogen (secondary N) is 1. The summed E-state index contributed by atoms with van der Waals surface area (Å²) in [7, 11) is 0. The lowest BCUT2D eigenvalue weighted by atomic mass is 10.0. The molecule has 1 N–H and O–H groups in total. The largest absolute Gasteiger partial charge is 0.573 e. The van der Waals surface area contributed by atoms with E-state index in [1.54, 1.807) is 24.5 Å². The van der Waals surface area contributed by atoms with Crippen molar-refractivity contribution in [2.45, 2.75) is 25.9 Å². The fraction of sp³-hybridized carbons (Fsp3) is 0.217. The molecule has 0 unspecified atom stereocenters. The molecule has 2 aromatic carbocycles. The van der Waals surface area contributed by atoms with Crippen LogP contribution in [0.5, 0.6) is 5.75 Å². The van der Waals surface area contributed by atoms with E-state index >= 15 is 0 Å². The van der Waals surface area contributed by atoms with Crippen LogP contribution in [-0.2, 0) is 11.3 Å². The lowest BCUT2D eigenvalue weighted by molar-refractivity contribution is -0.274. The number of halogens is 3. The minimum absolute atomic E-state index is 0.0502. The van der Waals surface area contributed by atoms with Gasteiger partial charge < -0.3 is 19.4 Å². The summed E-state index contributed by atoms with van der Waals surface area (Å²) in [4.78, 5) is 25.9. The average molecular weight is 469 g/mol. The zero-order valence-corrected chi connectivity index (χ0v) is 17.8. The molecular weight excluding hydrogens is 451 g/mol. The van der Waals surface area contributed by atoms with Gasteiger partial charge >= 0.3 is 6.36 Å². The standard InChI is InChI=1S/C23H18F3N5O3/c1-13-10-33-11-20-30-19-7-14(6-18(21(19)31(13)20)15-8-27-12-28-9-15)22(32)29-16-2-4-17(5-3-16)34-23(24,25)26/h2-9,12-13H,10-11H2,1H3,(H,29,32)/t13-/m1/s1. The Hall–Kier alpha value is -3.99. The number of hydrogen-bond donors (Lipinski definition) is 1. The van der Waals surface area contributed by atoms with Gasteiger partial charge in [0.25, 0.3) is 5.91 Å². The van der Waals surface area contributed by atoms with Crippen molar-refractivity contribution in [3.05, 3.63) is 66.5 Å². The summed E-state index contributed by atoms with van der Waals surface area (Å²) in [6.07, 6.45) is -0.0464. The molecule has 1 atom stereocenters. The number of rotatable bonds is 4. The van der Waals surface area contributed by atoms with Crippen LogP contribution >= 0.6 is 0 Å². The van der Waals surface area contributed by atoms with Crippen LogP contribution in [-0.4, -0.2) is 38.4 Å². The van der Waals surface area contributed by atoms with Crippen molar-refractivity contribution in [1.82, 2.24) is 19.5 Å². The molecule has 3 heterocycles. The maximum Gasteiger partial charge on any atom is 0.573 e. The van der Waals surface area contributed by atoms with E-state index in [1.807, 2.05) is 6.92 Å². The first-order chi connectivity index (χ1) is 16.3. The molecule has 174 valence electrons. The molecule has 2 aromatic heterocycles. The Morgan fingerprint density at radius 2 is 1.91 bits per heavy atom. The Labute approximate surface area is 191 Å². The molecule has 11 heteroatoms. The van der Waals surface area contributed by atoms with Crippen molar-refractivity contribution in [3.8, 4) is 16.9 Å². The lowest BCUT2D eigenvalue weighted by Crippen LogP contribution is -2.21. The van der Waals surface area contributed by atoms with Crippen LogP contribution in [0.3, 0.4) is 0 Å². The highest BCUT2D eigenvalue weighted by Gasteiger charge is 2.31. The third-order valence-electron chi connectivity index (χ3n) is 5.37. The number of aromatic nitrogens is 4. The van der Waals surface area contributed by atoms with Gasteiger partial charge in [0.15, 0.2) is 0 Å². The Kier molecular flexibility index (Phi) is 5.40. The minimum atomic E-state index is -4.79. The Morgan fingerprint density at radius 1 is 1.18 bits per heavy atom. The second kappa shape index (κ2) is 8.41. The third-order valence-corrected chi connectivity index (χ3v) is 5.37. The molecule has 0 fully saturated rings. The van der Waals surface area contributed by atoms with E-state index in [2.05, 4.69) is 29.6 Å². The summed E-state index contributed by atoms with van der Waals surface area (Å²) >= 11 is 0. The molecule has 8 nitrogen and oxygen atoms in total. The number of amides is 1. The SMILES string of the molecule is C[C@@H]1COCc2nc3cc(C(=O)Nc4ccc(OC(F)(F)F)cc4)cc(-c4cncnc4)c3n21. The molecule has 0 aliphatic carbocycles. The number of imidazole rings is 1. The highest BCUT2D eigenvalue weighted by Crippen LogP contribution is 2.34. The number of nitrogens with zero attached hydrogens (tertiary/aromatic N) is 4. The summed E-state index contributed by atoms with van der Waals surface area (Å²) in [6, 6.07) is 8.38. The summed E-state index contributed by atoms with van der Waals surface area (Å²) in [6.45, 7) is 2.93. The van der Waals surface area contributed by atoms with E-state index in [9.17, 15) is 18.0 Å². The van der Waals surface area contributed by atoms with Crippen molar-refractivity contribution in [3.63, 3.8) is 0 Å². The molecule has 0 bridgehead atoms. The van der Waals surface area contributed by atoms with Gasteiger partial charge in [0.05, 0.1) is 23.7 Å². The fourth-order valence-corrected chi connectivity index (χ4v) is 3.98. The fourth-order valence-electron chi connectivity index (χ4n) is 3.98. The van der Waals surface area contributed by atoms with Gasteiger partial charge in [-0.15, -0.1) is 13.2 Å². The van der Waals surface area contributed by atoms with E-state index in [0.717, 1.165) is 34.6 Å². The van der Waals surface area contributed by atoms with Crippen LogP contribution in [0.25, 0.3) is 22.2 Å². The first kappa shape index (κ1) is 21.8. The number of ether oxygens (including phenoxy) is 2. The summed E-state index contributed by atoms with van der Waals surface area (Å²) in [5.41, 5.74) is 3.57. The van der Waals surface area contributed by atoms with Gasteiger partial charge in [-0.25, -0.2) is 15.0 Å².